The molecule has 0 radical (unpaired) electrons. The van der Waals surface area contributed by atoms with Gasteiger partial charge in [-0.2, -0.15) is 0 Å². The summed E-state index contributed by atoms with van der Waals surface area (Å²) in [6.45, 7) is 5.90. The van der Waals surface area contributed by atoms with Gasteiger partial charge in [0.05, 0.1) is 5.03 Å². The summed E-state index contributed by atoms with van der Waals surface area (Å²) in [4.78, 5) is 6.94. The fraction of sp³-hybridized carbons (Fsp3) is 0.588. The molecule has 0 N–H and O–H groups in total. The lowest BCUT2D eigenvalue weighted by atomic mass is 9.65. The van der Waals surface area contributed by atoms with Gasteiger partial charge in [-0.1, -0.05) is 18.2 Å². The molecule has 0 aromatic carbocycles. The van der Waals surface area contributed by atoms with Gasteiger partial charge in [0.1, 0.15) is 5.84 Å². The maximum Gasteiger partial charge on any atom is 0.136 e. The fourth-order valence-electron chi connectivity index (χ4n) is 4.02. The van der Waals surface area contributed by atoms with Crippen LogP contribution in [0.15, 0.2) is 40.0 Å². The molecule has 0 unspecified atom stereocenters. The minimum atomic E-state index is 0.286. The molecule has 0 atom stereocenters. The highest BCUT2D eigenvalue weighted by Gasteiger charge is 2.46. The molecule has 1 heterocycles. The summed E-state index contributed by atoms with van der Waals surface area (Å²) in [6, 6.07) is 0. The summed E-state index contributed by atoms with van der Waals surface area (Å²) >= 11 is 6.42. The summed E-state index contributed by atoms with van der Waals surface area (Å²) in [5.41, 5.74) is 2.22. The van der Waals surface area contributed by atoms with Crippen molar-refractivity contribution in [3.05, 3.63) is 35.0 Å². The number of halogens is 1. The van der Waals surface area contributed by atoms with Gasteiger partial charge in [0, 0.05) is 24.4 Å². The quantitative estimate of drug-likeness (QED) is 0.723. The molecule has 3 fully saturated rings. The van der Waals surface area contributed by atoms with E-state index in [1.165, 1.54) is 38.5 Å². The average Bonchev–Trinajstić information content (AvgIpc) is 2.92. The minimum Gasteiger partial charge on any atom is -0.327 e. The maximum atomic E-state index is 6.42. The smallest absolute Gasteiger partial charge is 0.136 e. The van der Waals surface area contributed by atoms with Crippen molar-refractivity contribution in [2.75, 3.05) is 7.05 Å². The minimum absolute atomic E-state index is 0.286. The van der Waals surface area contributed by atoms with Gasteiger partial charge in [-0.3, -0.25) is 4.99 Å². The lowest BCUT2D eigenvalue weighted by Gasteiger charge is -2.51. The van der Waals surface area contributed by atoms with E-state index in [-0.39, 0.29) is 5.54 Å². The lowest BCUT2D eigenvalue weighted by Crippen LogP contribution is -2.53. The van der Waals surface area contributed by atoms with Crippen molar-refractivity contribution in [1.29, 1.82) is 0 Å². The van der Waals surface area contributed by atoms with Gasteiger partial charge < -0.3 is 4.90 Å². The summed E-state index contributed by atoms with van der Waals surface area (Å²) in [5.74, 6) is 2.00. The molecule has 3 heteroatoms. The predicted molar refractivity (Wildman–Crippen MR) is 86.0 cm³/mol. The summed E-state index contributed by atoms with van der Waals surface area (Å²) < 4.78 is 0. The van der Waals surface area contributed by atoms with E-state index in [4.69, 9.17) is 11.6 Å². The monoisotopic (exact) mass is 290 g/mol. The molecule has 2 bridgehead atoms. The van der Waals surface area contributed by atoms with Crippen LogP contribution in [0.2, 0.25) is 0 Å². The van der Waals surface area contributed by atoms with Crippen molar-refractivity contribution in [2.45, 2.75) is 51.0 Å². The van der Waals surface area contributed by atoms with E-state index in [1.54, 1.807) is 0 Å². The van der Waals surface area contributed by atoms with Gasteiger partial charge in [0.2, 0.25) is 0 Å². The zero-order valence-electron chi connectivity index (χ0n) is 12.5. The van der Waals surface area contributed by atoms with Crippen LogP contribution in [0.3, 0.4) is 0 Å². The van der Waals surface area contributed by atoms with Crippen molar-refractivity contribution in [1.82, 2.24) is 4.90 Å². The second-order valence-corrected chi connectivity index (χ2v) is 6.83. The van der Waals surface area contributed by atoms with Crippen LogP contribution < -0.4 is 0 Å². The van der Waals surface area contributed by atoms with Crippen LogP contribution in [0.25, 0.3) is 0 Å². The summed E-state index contributed by atoms with van der Waals surface area (Å²) in [5, 5.41) is 0.741. The van der Waals surface area contributed by atoms with E-state index in [0.717, 1.165) is 27.9 Å². The second-order valence-electron chi connectivity index (χ2n) is 6.45. The van der Waals surface area contributed by atoms with Gasteiger partial charge in [0.25, 0.3) is 0 Å². The third-order valence-electron chi connectivity index (χ3n) is 5.25. The number of allylic oxidation sites excluding steroid dienone is 2. The van der Waals surface area contributed by atoms with Crippen molar-refractivity contribution in [3.8, 4) is 0 Å². The fourth-order valence-corrected chi connectivity index (χ4v) is 4.17. The molecule has 4 aliphatic rings. The van der Waals surface area contributed by atoms with Gasteiger partial charge in [-0.05, 0) is 63.0 Å². The molecule has 3 saturated carbocycles. The molecule has 3 aliphatic carbocycles. The third-order valence-corrected chi connectivity index (χ3v) is 5.77. The highest BCUT2D eigenvalue weighted by molar-refractivity contribution is 6.35. The first-order chi connectivity index (χ1) is 9.57. The van der Waals surface area contributed by atoms with Crippen LogP contribution in [0.1, 0.15) is 45.4 Å². The Labute approximate surface area is 126 Å². The van der Waals surface area contributed by atoms with Gasteiger partial charge >= 0.3 is 0 Å². The number of hydrogen-bond acceptors (Lipinski definition) is 1. The van der Waals surface area contributed by atoms with E-state index in [0.29, 0.717) is 0 Å². The molecule has 0 saturated heterocycles. The van der Waals surface area contributed by atoms with E-state index in [1.807, 2.05) is 14.0 Å². The summed E-state index contributed by atoms with van der Waals surface area (Å²) in [6.07, 6.45) is 12.3. The highest BCUT2D eigenvalue weighted by Crippen LogP contribution is 2.49. The topological polar surface area (TPSA) is 15.6 Å². The van der Waals surface area contributed by atoms with Gasteiger partial charge in [-0.15, -0.1) is 0 Å². The molecule has 0 aromatic rings. The Bertz CT molecular complexity index is 505. The molecule has 4 rings (SSSR count). The van der Waals surface area contributed by atoms with Gasteiger partial charge in [-0.25, -0.2) is 0 Å². The first-order valence-corrected chi connectivity index (χ1v) is 7.95. The number of fused-ring (bicyclic) bond motifs is 3. The van der Waals surface area contributed by atoms with E-state index >= 15 is 0 Å². The van der Waals surface area contributed by atoms with Crippen LogP contribution >= 0.6 is 11.6 Å². The van der Waals surface area contributed by atoms with E-state index in [2.05, 4.69) is 28.7 Å². The maximum absolute atomic E-state index is 6.42. The second kappa shape index (κ2) is 5.07. The van der Waals surface area contributed by atoms with E-state index in [9.17, 15) is 0 Å². The number of aliphatic imine (C=N–C) groups is 1. The van der Waals surface area contributed by atoms with E-state index < -0.39 is 0 Å². The molecule has 2 nitrogen and oxygen atoms in total. The molecular formula is C17H23ClN2. The Balaban J connectivity index is 1.95. The Morgan fingerprint density at radius 2 is 1.95 bits per heavy atom. The van der Waals surface area contributed by atoms with Crippen molar-refractivity contribution in [3.63, 3.8) is 0 Å². The van der Waals surface area contributed by atoms with Crippen LogP contribution in [-0.2, 0) is 0 Å². The standard InChI is InChI=1S/C17H23ClN2/c1-12(2)15(18)14-7-11-20(16(14)19-3)17-8-4-13(5-9-17)6-10-17/h7,11,13H,1,4-6,8-10H2,2-3H3/b15-14+,19-16+. The Kier molecular flexibility index (Phi) is 3.53. The summed E-state index contributed by atoms with van der Waals surface area (Å²) in [7, 11) is 1.86. The molecule has 0 amide bonds. The molecule has 108 valence electrons. The zero-order valence-corrected chi connectivity index (χ0v) is 13.2. The molecule has 1 aliphatic heterocycles. The number of amidine groups is 1. The van der Waals surface area contributed by atoms with Crippen LogP contribution in [0.4, 0.5) is 0 Å². The van der Waals surface area contributed by atoms with Crippen molar-refractivity contribution in [2.24, 2.45) is 10.9 Å². The number of hydrogen-bond donors (Lipinski definition) is 0. The van der Waals surface area contributed by atoms with Gasteiger partial charge in [0.15, 0.2) is 0 Å². The largest absolute Gasteiger partial charge is 0.327 e. The predicted octanol–water partition coefficient (Wildman–Crippen LogP) is 4.64. The van der Waals surface area contributed by atoms with Crippen molar-refractivity contribution >= 4 is 17.4 Å². The molecule has 20 heavy (non-hydrogen) atoms. The molecule has 0 aromatic heterocycles. The average molecular weight is 291 g/mol. The first kappa shape index (κ1) is 13.9. The number of rotatable bonds is 2. The van der Waals surface area contributed by atoms with Crippen molar-refractivity contribution < 1.29 is 0 Å². The molecular weight excluding hydrogens is 268 g/mol. The Hall–Kier alpha value is -1.02. The van der Waals surface area contributed by atoms with Crippen LogP contribution in [0, 0.1) is 5.92 Å². The zero-order chi connectivity index (χ0) is 14.3. The molecule has 0 spiro atoms. The van der Waals surface area contributed by atoms with Crippen LogP contribution in [-0.4, -0.2) is 23.3 Å². The Morgan fingerprint density at radius 3 is 2.45 bits per heavy atom. The first-order valence-electron chi connectivity index (χ1n) is 7.58. The normalized spacial score (nSPS) is 36.9. The lowest BCUT2D eigenvalue weighted by molar-refractivity contribution is 0.0599. The Morgan fingerprint density at radius 1 is 1.35 bits per heavy atom. The third kappa shape index (κ3) is 2.05. The number of nitrogens with zero attached hydrogens (tertiary/aromatic N) is 2. The van der Waals surface area contributed by atoms with Crippen LogP contribution in [0.5, 0.6) is 0 Å². The SMILES string of the molecule is C=C(C)/C(Cl)=C1/C=CN(C23CCC(CC2)CC3)/C1=N/C. The highest BCUT2D eigenvalue weighted by atomic mass is 35.5.